The van der Waals surface area contributed by atoms with Crippen molar-refractivity contribution in [3.63, 3.8) is 0 Å². The molecule has 0 radical (unpaired) electrons. The Bertz CT molecular complexity index is 320. The molecule has 0 aliphatic rings. The summed E-state index contributed by atoms with van der Waals surface area (Å²) in [5, 5.41) is 7.46. The van der Waals surface area contributed by atoms with Crippen LogP contribution < -0.4 is 0 Å². The van der Waals surface area contributed by atoms with Crippen molar-refractivity contribution < 1.29 is 29.0 Å². The van der Waals surface area contributed by atoms with E-state index in [1.807, 2.05) is 0 Å². The Morgan fingerprint density at radius 3 is 2.25 bits per heavy atom. The molecule has 16 heavy (non-hydrogen) atoms. The van der Waals surface area contributed by atoms with Crippen molar-refractivity contribution in [3.05, 3.63) is 12.2 Å². The van der Waals surface area contributed by atoms with Crippen molar-refractivity contribution >= 4 is 13.6 Å². The van der Waals surface area contributed by atoms with Gasteiger partial charge in [0.2, 0.25) is 0 Å². The zero-order valence-electron chi connectivity index (χ0n) is 9.34. The Kier molecular flexibility index (Phi) is 5.35. The number of hydrogen-bond donors (Lipinski definition) is 3. The van der Waals surface area contributed by atoms with Gasteiger partial charge in [-0.25, -0.2) is 4.79 Å². The van der Waals surface area contributed by atoms with E-state index < -0.39 is 25.3 Å². The summed E-state index contributed by atoms with van der Waals surface area (Å²) < 4.78 is 15.7. The molecule has 0 saturated heterocycles. The molecule has 94 valence electrons. The van der Waals surface area contributed by atoms with Crippen LogP contribution in [0.15, 0.2) is 12.2 Å². The highest BCUT2D eigenvalue weighted by Crippen LogP contribution is 2.53. The summed E-state index contributed by atoms with van der Waals surface area (Å²) in [6.07, 6.45) is -0.692. The zero-order valence-corrected chi connectivity index (χ0v) is 10.2. The first kappa shape index (κ1) is 15.3. The molecule has 6 nitrogen and oxygen atoms in total. The Morgan fingerprint density at radius 2 is 1.94 bits per heavy atom. The van der Waals surface area contributed by atoms with Crippen LogP contribution in [0.1, 0.15) is 26.7 Å². The van der Waals surface area contributed by atoms with E-state index in [1.165, 1.54) is 6.92 Å². The number of esters is 1. The number of carbonyl (C=O) groups excluding carboxylic acids is 1. The van der Waals surface area contributed by atoms with Gasteiger partial charge >= 0.3 is 13.6 Å². The molecule has 1 unspecified atom stereocenters. The van der Waals surface area contributed by atoms with E-state index in [0.717, 1.165) is 0 Å². The van der Waals surface area contributed by atoms with Crippen molar-refractivity contribution in [2.75, 3.05) is 6.61 Å². The Morgan fingerprint density at radius 1 is 1.44 bits per heavy atom. The summed E-state index contributed by atoms with van der Waals surface area (Å²) in [5.41, 5.74) is -0.158. The van der Waals surface area contributed by atoms with Crippen LogP contribution >= 0.6 is 7.60 Å². The van der Waals surface area contributed by atoms with E-state index >= 15 is 0 Å². The fraction of sp³-hybridized carbons (Fsp3) is 0.667. The Balaban J connectivity index is 4.75. The monoisotopic (exact) mass is 252 g/mol. The number of carbonyl (C=O) groups is 1. The molecule has 0 fully saturated rings. The van der Waals surface area contributed by atoms with Gasteiger partial charge in [-0.3, -0.25) is 4.57 Å². The maximum atomic E-state index is 11.2. The predicted octanol–water partition coefficient (Wildman–Crippen LogP) is 0.772. The Labute approximate surface area is 94.1 Å². The van der Waals surface area contributed by atoms with E-state index in [2.05, 4.69) is 11.3 Å². The van der Waals surface area contributed by atoms with E-state index in [9.17, 15) is 14.5 Å². The van der Waals surface area contributed by atoms with Crippen molar-refractivity contribution in [3.8, 4) is 0 Å². The summed E-state index contributed by atoms with van der Waals surface area (Å²) in [7, 11) is -4.71. The molecule has 0 spiro atoms. The van der Waals surface area contributed by atoms with E-state index in [-0.39, 0.29) is 18.6 Å². The molecule has 0 aromatic carbocycles. The lowest BCUT2D eigenvalue weighted by Gasteiger charge is -2.27. The minimum Gasteiger partial charge on any atom is -0.463 e. The van der Waals surface area contributed by atoms with Crippen LogP contribution in [0.5, 0.6) is 0 Å². The lowest BCUT2D eigenvalue weighted by atomic mass is 10.1. The second-order valence-electron chi connectivity index (χ2n) is 3.38. The summed E-state index contributed by atoms with van der Waals surface area (Å²) in [5.74, 6) is -0.761. The molecule has 0 aliphatic heterocycles. The van der Waals surface area contributed by atoms with Gasteiger partial charge in [0.25, 0.3) is 0 Å². The van der Waals surface area contributed by atoms with Gasteiger partial charge in [-0.05, 0) is 13.3 Å². The molecule has 0 aromatic heterocycles. The minimum atomic E-state index is -4.71. The van der Waals surface area contributed by atoms with Crippen LogP contribution in [0.25, 0.3) is 0 Å². The molecule has 7 heteroatoms. The van der Waals surface area contributed by atoms with Crippen molar-refractivity contribution in [1.82, 2.24) is 0 Å². The standard InChI is InChI=1S/C9H17O6P/c1-4-9(11,16(12,13)14)6-7(3)8(10)15-5-2/h11H,3-6H2,1-2H3,(H2,12,13,14). The average molecular weight is 252 g/mol. The molecular formula is C9H17O6P. The number of aliphatic hydroxyl groups is 1. The zero-order chi connectivity index (χ0) is 13.0. The third-order valence-corrected chi connectivity index (χ3v) is 3.73. The minimum absolute atomic E-state index is 0.137. The molecular weight excluding hydrogens is 235 g/mol. The smallest absolute Gasteiger partial charge is 0.357 e. The quantitative estimate of drug-likeness (QED) is 0.366. The largest absolute Gasteiger partial charge is 0.463 e. The summed E-state index contributed by atoms with van der Waals surface area (Å²) in [6.45, 7) is 6.49. The van der Waals surface area contributed by atoms with Gasteiger partial charge in [-0.15, -0.1) is 0 Å². The number of hydrogen-bond acceptors (Lipinski definition) is 4. The summed E-state index contributed by atoms with van der Waals surface area (Å²) in [6, 6.07) is 0. The fourth-order valence-electron chi connectivity index (χ4n) is 1.08. The first-order valence-electron chi connectivity index (χ1n) is 4.81. The van der Waals surface area contributed by atoms with Crippen molar-refractivity contribution in [1.29, 1.82) is 0 Å². The molecule has 0 rings (SSSR count). The van der Waals surface area contributed by atoms with Crippen LogP contribution in [-0.2, 0) is 14.1 Å². The average Bonchev–Trinajstić information content (AvgIpc) is 2.16. The second-order valence-corrected chi connectivity index (χ2v) is 5.30. The fourth-order valence-corrected chi connectivity index (χ4v) is 1.89. The molecule has 0 saturated carbocycles. The second kappa shape index (κ2) is 5.59. The maximum Gasteiger partial charge on any atom is 0.357 e. The molecule has 0 bridgehead atoms. The van der Waals surface area contributed by atoms with Crippen LogP contribution in [0.3, 0.4) is 0 Å². The van der Waals surface area contributed by atoms with E-state index in [4.69, 9.17) is 9.79 Å². The van der Waals surface area contributed by atoms with Gasteiger partial charge in [0, 0.05) is 12.0 Å². The van der Waals surface area contributed by atoms with E-state index in [1.54, 1.807) is 6.92 Å². The van der Waals surface area contributed by atoms with E-state index in [0.29, 0.717) is 0 Å². The Hall–Kier alpha value is -0.680. The van der Waals surface area contributed by atoms with Gasteiger partial charge < -0.3 is 19.6 Å². The van der Waals surface area contributed by atoms with Crippen molar-refractivity contribution in [2.24, 2.45) is 0 Å². The lowest BCUT2D eigenvalue weighted by molar-refractivity contribution is -0.139. The van der Waals surface area contributed by atoms with Gasteiger partial charge in [-0.1, -0.05) is 13.5 Å². The SMILES string of the molecule is C=C(CC(O)(CC)P(=O)(O)O)C(=O)OCC. The third kappa shape index (κ3) is 3.72. The molecule has 0 aliphatic carbocycles. The predicted molar refractivity (Wildman–Crippen MR) is 57.7 cm³/mol. The normalized spacial score (nSPS) is 15.3. The highest BCUT2D eigenvalue weighted by molar-refractivity contribution is 7.53. The lowest BCUT2D eigenvalue weighted by Crippen LogP contribution is -2.29. The third-order valence-electron chi connectivity index (χ3n) is 2.17. The summed E-state index contributed by atoms with van der Waals surface area (Å²) in [4.78, 5) is 29.1. The summed E-state index contributed by atoms with van der Waals surface area (Å²) >= 11 is 0. The molecule has 1 atom stereocenters. The molecule has 3 N–H and O–H groups in total. The van der Waals surface area contributed by atoms with Crippen LogP contribution in [-0.4, -0.2) is 32.8 Å². The first-order valence-corrected chi connectivity index (χ1v) is 6.42. The van der Waals surface area contributed by atoms with Gasteiger partial charge in [0.1, 0.15) is 0 Å². The highest BCUT2D eigenvalue weighted by atomic mass is 31.2. The molecule has 0 heterocycles. The number of rotatable bonds is 6. The van der Waals surface area contributed by atoms with Gasteiger partial charge in [0.05, 0.1) is 6.61 Å². The van der Waals surface area contributed by atoms with Crippen LogP contribution in [0.4, 0.5) is 0 Å². The van der Waals surface area contributed by atoms with Crippen molar-refractivity contribution in [2.45, 2.75) is 32.0 Å². The maximum absolute atomic E-state index is 11.2. The van der Waals surface area contributed by atoms with Gasteiger partial charge in [-0.2, -0.15) is 0 Å². The van der Waals surface area contributed by atoms with Crippen LogP contribution in [0.2, 0.25) is 0 Å². The van der Waals surface area contributed by atoms with Crippen LogP contribution in [0, 0.1) is 0 Å². The first-order chi connectivity index (χ1) is 7.18. The molecule has 0 amide bonds. The van der Waals surface area contributed by atoms with Gasteiger partial charge in [0.15, 0.2) is 5.34 Å². The number of ether oxygens (including phenoxy) is 1. The topological polar surface area (TPSA) is 104 Å². The highest BCUT2D eigenvalue weighted by Gasteiger charge is 2.44. The molecule has 0 aromatic rings.